The molecule has 0 aliphatic carbocycles. The maximum Gasteiger partial charge on any atom is 0.255 e. The van der Waals surface area contributed by atoms with Gasteiger partial charge in [-0.15, -0.1) is 0 Å². The molecule has 258 valence electrons. The summed E-state index contributed by atoms with van der Waals surface area (Å²) in [4.78, 5) is 51.0. The van der Waals surface area contributed by atoms with E-state index in [9.17, 15) is 14.4 Å². The van der Waals surface area contributed by atoms with E-state index in [0.717, 1.165) is 79.4 Å². The lowest BCUT2D eigenvalue weighted by Gasteiger charge is -2.24. The van der Waals surface area contributed by atoms with Gasteiger partial charge in [0.1, 0.15) is 5.75 Å². The summed E-state index contributed by atoms with van der Waals surface area (Å²) in [6.07, 6.45) is 6.21. The van der Waals surface area contributed by atoms with Crippen molar-refractivity contribution in [1.82, 2.24) is 19.8 Å². The molecule has 5 aromatic rings. The summed E-state index contributed by atoms with van der Waals surface area (Å²) >= 11 is 0. The van der Waals surface area contributed by atoms with Crippen LogP contribution in [0.25, 0.3) is 0 Å². The predicted molar refractivity (Wildman–Crippen MR) is 196 cm³/mol. The van der Waals surface area contributed by atoms with Gasteiger partial charge >= 0.3 is 0 Å². The smallest absolute Gasteiger partial charge is 0.255 e. The maximum absolute atomic E-state index is 12.6. The molecule has 10 nitrogen and oxygen atoms in total. The minimum Gasteiger partial charge on any atom is -0.493 e. The van der Waals surface area contributed by atoms with Gasteiger partial charge in [-0.3, -0.25) is 24.4 Å². The first-order valence-electron chi connectivity index (χ1n) is 17.2. The first kappa shape index (κ1) is 33.8. The van der Waals surface area contributed by atoms with Crippen LogP contribution in [-0.2, 0) is 32.4 Å². The molecule has 0 saturated heterocycles. The molecule has 8 rings (SSSR count). The van der Waals surface area contributed by atoms with Crippen molar-refractivity contribution >= 4 is 29.0 Å². The number of aromatic nitrogens is 2. The lowest BCUT2D eigenvalue weighted by molar-refractivity contribution is 0.101. The Bertz CT molecular complexity index is 2080. The van der Waals surface area contributed by atoms with Gasteiger partial charge in [0, 0.05) is 79.1 Å². The Morgan fingerprint density at radius 3 is 1.75 bits per heavy atom. The highest BCUT2D eigenvalue weighted by Crippen LogP contribution is 2.27. The van der Waals surface area contributed by atoms with Crippen LogP contribution < -0.4 is 15.4 Å². The Morgan fingerprint density at radius 2 is 1.14 bits per heavy atom. The van der Waals surface area contributed by atoms with Crippen molar-refractivity contribution < 1.29 is 19.1 Å². The minimum absolute atomic E-state index is 0.0597. The van der Waals surface area contributed by atoms with Crippen molar-refractivity contribution in [3.8, 4) is 5.75 Å². The van der Waals surface area contributed by atoms with Gasteiger partial charge in [-0.2, -0.15) is 0 Å². The van der Waals surface area contributed by atoms with Crippen LogP contribution in [0.1, 0.15) is 64.7 Å². The van der Waals surface area contributed by atoms with E-state index in [1.54, 1.807) is 54.9 Å². The van der Waals surface area contributed by atoms with Crippen molar-refractivity contribution in [2.45, 2.75) is 32.4 Å². The predicted octanol–water partition coefficient (Wildman–Crippen LogP) is 5.81. The number of hydrogen-bond acceptors (Lipinski definition) is 8. The highest BCUT2D eigenvalue weighted by molar-refractivity contribution is 6.10. The third-order valence-electron chi connectivity index (χ3n) is 9.37. The summed E-state index contributed by atoms with van der Waals surface area (Å²) in [5, 5.41) is 5.85. The van der Waals surface area contributed by atoms with Crippen LogP contribution in [-0.4, -0.2) is 71.2 Å². The highest BCUT2D eigenvalue weighted by atomic mass is 16.5. The van der Waals surface area contributed by atoms with Gasteiger partial charge in [0.25, 0.3) is 11.8 Å². The van der Waals surface area contributed by atoms with Crippen molar-refractivity contribution in [3.63, 3.8) is 0 Å². The van der Waals surface area contributed by atoms with Gasteiger partial charge in [-0.1, -0.05) is 42.5 Å². The lowest BCUT2D eigenvalue weighted by atomic mass is 10.0. The second-order valence-electron chi connectivity index (χ2n) is 13.2. The number of rotatable bonds is 6. The molecular weight excluding hydrogens is 640 g/mol. The van der Waals surface area contributed by atoms with E-state index in [-0.39, 0.29) is 17.6 Å². The van der Waals surface area contributed by atoms with E-state index < -0.39 is 0 Å². The number of carbonyl (C=O) groups is 3. The average Bonchev–Trinajstić information content (AvgIpc) is 3.63. The summed E-state index contributed by atoms with van der Waals surface area (Å²) in [6.45, 7) is 4.44. The molecule has 10 heteroatoms. The molecule has 2 N–H and O–H groups in total. The molecular formula is C41H40N6O4. The summed E-state index contributed by atoms with van der Waals surface area (Å²) in [5.74, 6) is 0.505. The largest absolute Gasteiger partial charge is 0.493 e. The van der Waals surface area contributed by atoms with Crippen LogP contribution in [0.2, 0.25) is 0 Å². The number of amides is 2. The molecule has 0 spiro atoms. The Balaban J connectivity index is 0.000000162. The molecule has 51 heavy (non-hydrogen) atoms. The van der Waals surface area contributed by atoms with Gasteiger partial charge in [-0.25, -0.2) is 0 Å². The van der Waals surface area contributed by atoms with Crippen molar-refractivity contribution in [1.29, 1.82) is 0 Å². The third kappa shape index (κ3) is 8.03. The van der Waals surface area contributed by atoms with E-state index in [1.165, 1.54) is 5.56 Å². The molecule has 3 aromatic carbocycles. The fourth-order valence-corrected chi connectivity index (χ4v) is 6.53. The molecule has 0 atom stereocenters. The monoisotopic (exact) mass is 680 g/mol. The highest BCUT2D eigenvalue weighted by Gasteiger charge is 2.19. The van der Waals surface area contributed by atoms with Crippen LogP contribution in [0.3, 0.4) is 0 Å². The molecule has 3 aliphatic rings. The number of anilines is 2. The summed E-state index contributed by atoms with van der Waals surface area (Å²) in [5.41, 5.74) is 9.45. The summed E-state index contributed by atoms with van der Waals surface area (Å²) in [7, 11) is 4.17. The van der Waals surface area contributed by atoms with Gasteiger partial charge in [-0.05, 0) is 73.3 Å². The maximum atomic E-state index is 12.6. The molecule has 3 aliphatic heterocycles. The Hall–Kier alpha value is -5.71. The second-order valence-corrected chi connectivity index (χ2v) is 13.2. The van der Waals surface area contributed by atoms with Crippen molar-refractivity contribution in [2.75, 3.05) is 44.4 Å². The summed E-state index contributed by atoms with van der Waals surface area (Å²) in [6, 6.07) is 25.4. The number of fused-ring (bicyclic) bond motifs is 3. The normalized spacial score (nSPS) is 14.9. The molecule has 0 saturated carbocycles. The van der Waals surface area contributed by atoms with Gasteiger partial charge in [0.2, 0.25) is 0 Å². The molecule has 2 aromatic heterocycles. The van der Waals surface area contributed by atoms with E-state index >= 15 is 0 Å². The van der Waals surface area contributed by atoms with Crippen molar-refractivity contribution in [3.05, 3.63) is 148 Å². The molecule has 0 bridgehead atoms. The Morgan fingerprint density at radius 1 is 0.608 bits per heavy atom. The van der Waals surface area contributed by atoms with Crippen LogP contribution in [0, 0.1) is 0 Å². The van der Waals surface area contributed by atoms with Gasteiger partial charge in [0.15, 0.2) is 5.78 Å². The first-order chi connectivity index (χ1) is 24.8. The third-order valence-corrected chi connectivity index (χ3v) is 9.37. The standard InChI is InChI=1S/C23H21N3O2.C18H19N3O2/c1-26-12-11-21-19(15-26)13-20(14-24-21)25-23(28)18-9-7-17(8-10-18)22(27)16-5-3-2-4-6-16;1-21-6-4-16-14(11-21)9-15(10-19-16)20-18(22)13-2-3-17-12(8-13)5-7-23-17/h2-10,13-14H,11-12,15H2,1H3,(H,25,28);2-3,8-10H,4-7,11H2,1H3,(H,20,22). The molecule has 0 radical (unpaired) electrons. The number of ketones is 1. The SMILES string of the molecule is CN1CCc2ncc(NC(=O)c3ccc(C(=O)c4ccccc4)cc3)cc2C1.CN1CCc2ncc(NC(=O)c3ccc4c(c3)CCO4)cc2C1. The lowest BCUT2D eigenvalue weighted by Crippen LogP contribution is -2.27. The van der Waals surface area contributed by atoms with E-state index in [2.05, 4.69) is 44.5 Å². The quantitative estimate of drug-likeness (QED) is 0.216. The number of likely N-dealkylation sites (N-methyl/N-ethyl adjacent to an activating group) is 2. The van der Waals surface area contributed by atoms with Gasteiger partial charge < -0.3 is 25.2 Å². The zero-order valence-corrected chi connectivity index (χ0v) is 28.8. The Labute approximate surface area is 297 Å². The second kappa shape index (κ2) is 15.0. The van der Waals surface area contributed by atoms with Crippen LogP contribution in [0.15, 0.2) is 97.3 Å². The molecule has 2 amide bonds. The van der Waals surface area contributed by atoms with Crippen LogP contribution in [0.5, 0.6) is 5.75 Å². The first-order valence-corrected chi connectivity index (χ1v) is 17.2. The van der Waals surface area contributed by atoms with E-state index in [4.69, 9.17) is 4.74 Å². The fourth-order valence-electron chi connectivity index (χ4n) is 6.53. The number of nitrogens with zero attached hydrogens (tertiary/aromatic N) is 4. The molecule has 0 unspecified atom stereocenters. The number of nitrogens with one attached hydrogen (secondary N) is 2. The molecule has 0 fully saturated rings. The van der Waals surface area contributed by atoms with E-state index in [0.29, 0.717) is 34.5 Å². The zero-order valence-electron chi connectivity index (χ0n) is 28.8. The van der Waals surface area contributed by atoms with Gasteiger partial charge in [0.05, 0.1) is 30.4 Å². The number of ether oxygens (including phenoxy) is 1. The minimum atomic E-state index is -0.218. The fraction of sp³-hybridized carbons (Fsp3) is 0.244. The van der Waals surface area contributed by atoms with E-state index in [1.807, 2.05) is 42.5 Å². The molecule has 5 heterocycles. The number of pyridine rings is 2. The van der Waals surface area contributed by atoms with Crippen LogP contribution in [0.4, 0.5) is 11.4 Å². The number of benzene rings is 3. The number of carbonyl (C=O) groups excluding carboxylic acids is 3. The average molecular weight is 681 g/mol. The topological polar surface area (TPSA) is 117 Å². The van der Waals surface area contributed by atoms with Crippen molar-refractivity contribution in [2.24, 2.45) is 0 Å². The van der Waals surface area contributed by atoms with Crippen LogP contribution >= 0.6 is 0 Å². The summed E-state index contributed by atoms with van der Waals surface area (Å²) < 4.78 is 5.48. The number of hydrogen-bond donors (Lipinski definition) is 2. The zero-order chi connectivity index (χ0) is 35.3. The Kier molecular flexibility index (Phi) is 9.96.